The van der Waals surface area contributed by atoms with Gasteiger partial charge in [0.05, 0.1) is 16.7 Å². The molecule has 2 aliphatic heterocycles. The lowest BCUT2D eigenvalue weighted by Crippen LogP contribution is -2.33. The van der Waals surface area contributed by atoms with Gasteiger partial charge in [0, 0.05) is 21.6 Å². The number of para-hydroxylation sites is 1. The largest absolute Gasteiger partial charge is 0.308 e. The van der Waals surface area contributed by atoms with E-state index >= 15 is 0 Å². The van der Waals surface area contributed by atoms with E-state index < -0.39 is 0 Å². The molecule has 3 heterocycles. The molecule has 1 heteroatoms. The standard InChI is InChI=1S/C41H41N/c1-7-8-9-10-12-18-29-23-31-32-25-30(27(2)21-22-28-16-13-11-14-17-28)26-36-38(32)42-37(31)35(24-29)40(3,4)33-19-15-20-34(39(33)42)41(36,5)6/h7-13,15,19-26H,1,14,16-18H2,2-6H3/b9-8-,12-10-,27-21+,28-22+. The quantitative estimate of drug-likeness (QED) is 0.167. The Kier molecular flexibility index (Phi) is 6.21. The first-order valence-electron chi connectivity index (χ1n) is 15.5. The highest BCUT2D eigenvalue weighted by atomic mass is 15.0. The molecule has 42 heavy (non-hydrogen) atoms. The third-order valence-corrected chi connectivity index (χ3v) is 10.0. The van der Waals surface area contributed by atoms with E-state index in [1.54, 1.807) is 0 Å². The predicted octanol–water partition coefficient (Wildman–Crippen LogP) is 11.0. The van der Waals surface area contributed by atoms with E-state index in [9.17, 15) is 0 Å². The molecule has 0 saturated heterocycles. The maximum Gasteiger partial charge on any atom is 0.0582 e. The maximum absolute atomic E-state index is 3.79. The Hall–Kier alpha value is -4.10. The van der Waals surface area contributed by atoms with Crippen molar-refractivity contribution in [3.05, 3.63) is 143 Å². The van der Waals surface area contributed by atoms with Crippen molar-refractivity contribution in [2.24, 2.45) is 0 Å². The van der Waals surface area contributed by atoms with Crippen molar-refractivity contribution < 1.29 is 0 Å². The molecule has 4 aromatic rings. The van der Waals surface area contributed by atoms with Crippen LogP contribution in [0.15, 0.2) is 109 Å². The lowest BCUT2D eigenvalue weighted by Gasteiger charge is -2.42. The number of nitrogens with zero attached hydrogens (tertiary/aromatic N) is 1. The predicted molar refractivity (Wildman–Crippen MR) is 182 cm³/mol. The molecular formula is C41H41N. The van der Waals surface area contributed by atoms with Gasteiger partial charge in [-0.3, -0.25) is 0 Å². The van der Waals surface area contributed by atoms with Crippen LogP contribution in [0.4, 0.5) is 0 Å². The molecule has 1 nitrogen and oxygen atoms in total. The molecule has 0 amide bonds. The highest BCUT2D eigenvalue weighted by molar-refractivity contribution is 6.14. The van der Waals surface area contributed by atoms with Gasteiger partial charge in [-0.15, -0.1) is 0 Å². The van der Waals surface area contributed by atoms with Crippen molar-refractivity contribution >= 4 is 27.4 Å². The second kappa shape index (κ2) is 9.73. The Labute approximate surface area is 251 Å². The number of hydrogen-bond donors (Lipinski definition) is 0. The van der Waals surface area contributed by atoms with Crippen LogP contribution in [0, 0.1) is 0 Å². The van der Waals surface area contributed by atoms with Gasteiger partial charge in [0.15, 0.2) is 0 Å². The van der Waals surface area contributed by atoms with Gasteiger partial charge in [-0.05, 0) is 89.8 Å². The maximum atomic E-state index is 3.79. The van der Waals surface area contributed by atoms with Gasteiger partial charge in [-0.1, -0.05) is 119 Å². The number of rotatable bonds is 6. The van der Waals surface area contributed by atoms with Crippen LogP contribution >= 0.6 is 0 Å². The highest BCUT2D eigenvalue weighted by Gasteiger charge is 2.43. The van der Waals surface area contributed by atoms with Gasteiger partial charge in [-0.25, -0.2) is 0 Å². The molecule has 1 aliphatic carbocycles. The first-order chi connectivity index (χ1) is 20.2. The van der Waals surface area contributed by atoms with Crippen LogP contribution in [0.25, 0.3) is 33.1 Å². The van der Waals surface area contributed by atoms with Crippen molar-refractivity contribution in [2.45, 2.75) is 71.1 Å². The van der Waals surface area contributed by atoms with Crippen molar-refractivity contribution in [2.75, 3.05) is 0 Å². The van der Waals surface area contributed by atoms with E-state index in [1.165, 1.54) is 78.4 Å². The summed E-state index contributed by atoms with van der Waals surface area (Å²) in [5, 5.41) is 2.76. The van der Waals surface area contributed by atoms with E-state index in [0.29, 0.717) is 0 Å². The van der Waals surface area contributed by atoms with Crippen LogP contribution in [0.5, 0.6) is 0 Å². The Morgan fingerprint density at radius 1 is 0.857 bits per heavy atom. The molecule has 0 radical (unpaired) electrons. The van der Waals surface area contributed by atoms with E-state index in [2.05, 4.69) is 131 Å². The first kappa shape index (κ1) is 26.8. The zero-order chi connectivity index (χ0) is 29.2. The smallest absolute Gasteiger partial charge is 0.0582 e. The third kappa shape index (κ3) is 3.90. The summed E-state index contributed by atoms with van der Waals surface area (Å²) in [6, 6.07) is 16.9. The minimum absolute atomic E-state index is 0.0940. The highest BCUT2D eigenvalue weighted by Crippen LogP contribution is 2.55. The summed E-state index contributed by atoms with van der Waals surface area (Å²) in [6.07, 6.45) is 23.9. The van der Waals surface area contributed by atoms with Crippen LogP contribution < -0.4 is 0 Å². The molecule has 0 bridgehead atoms. The number of hydrogen-bond acceptors (Lipinski definition) is 0. The van der Waals surface area contributed by atoms with Gasteiger partial charge in [0.25, 0.3) is 0 Å². The van der Waals surface area contributed by atoms with Gasteiger partial charge in [0.1, 0.15) is 0 Å². The Morgan fingerprint density at radius 3 is 2.26 bits per heavy atom. The number of allylic oxidation sites excluding steroid dienone is 11. The lowest BCUT2D eigenvalue weighted by molar-refractivity contribution is 0.593. The molecule has 210 valence electrons. The molecule has 0 spiro atoms. The Bertz CT molecular complexity index is 1940. The molecular weight excluding hydrogens is 506 g/mol. The lowest BCUT2D eigenvalue weighted by atomic mass is 9.68. The summed E-state index contributed by atoms with van der Waals surface area (Å²) in [7, 11) is 0. The molecule has 0 atom stereocenters. The third-order valence-electron chi connectivity index (χ3n) is 10.0. The molecule has 0 N–H and O–H groups in total. The van der Waals surface area contributed by atoms with Gasteiger partial charge in [0.2, 0.25) is 0 Å². The van der Waals surface area contributed by atoms with Crippen molar-refractivity contribution in [1.29, 1.82) is 0 Å². The van der Waals surface area contributed by atoms with Gasteiger partial charge >= 0.3 is 0 Å². The van der Waals surface area contributed by atoms with Crippen molar-refractivity contribution in [3.63, 3.8) is 0 Å². The SMILES string of the molecule is C=C/C=C\C=C/Cc1cc2c3c(c1)c1cc(/C(C)=C/C=C4\CC=CCC4)cc4c1n3-c1c(cccc1C4(C)C)C2(C)C. The zero-order valence-corrected chi connectivity index (χ0v) is 25.7. The minimum Gasteiger partial charge on any atom is -0.308 e. The normalized spacial score (nSPS) is 19.3. The van der Waals surface area contributed by atoms with E-state index in [-0.39, 0.29) is 10.8 Å². The fraction of sp³-hybridized carbons (Fsp3) is 0.268. The van der Waals surface area contributed by atoms with Crippen LogP contribution in [0.3, 0.4) is 0 Å². The molecule has 3 aromatic carbocycles. The van der Waals surface area contributed by atoms with Crippen molar-refractivity contribution in [1.82, 2.24) is 4.57 Å². The van der Waals surface area contributed by atoms with Crippen LogP contribution in [-0.2, 0) is 17.3 Å². The summed E-state index contributed by atoms with van der Waals surface area (Å²) >= 11 is 0. The average Bonchev–Trinajstić information content (AvgIpc) is 3.32. The van der Waals surface area contributed by atoms with Crippen LogP contribution in [-0.4, -0.2) is 4.57 Å². The second-order valence-corrected chi connectivity index (χ2v) is 13.4. The minimum atomic E-state index is -0.104. The Morgan fingerprint density at radius 2 is 1.57 bits per heavy atom. The molecule has 0 unspecified atom stereocenters. The average molecular weight is 548 g/mol. The molecule has 0 fully saturated rings. The van der Waals surface area contributed by atoms with E-state index in [1.807, 2.05) is 12.2 Å². The first-order valence-corrected chi connectivity index (χ1v) is 15.5. The van der Waals surface area contributed by atoms with Gasteiger partial charge < -0.3 is 4.57 Å². The summed E-state index contributed by atoms with van der Waals surface area (Å²) < 4.78 is 2.63. The number of fused-ring (bicyclic) bond motifs is 1. The number of benzene rings is 3. The molecule has 3 aliphatic rings. The summed E-state index contributed by atoms with van der Waals surface area (Å²) in [4.78, 5) is 0. The van der Waals surface area contributed by atoms with Gasteiger partial charge in [-0.2, -0.15) is 0 Å². The molecule has 0 saturated carbocycles. The van der Waals surface area contributed by atoms with E-state index in [4.69, 9.17) is 0 Å². The van der Waals surface area contributed by atoms with Crippen LogP contribution in [0.1, 0.15) is 87.3 Å². The zero-order valence-electron chi connectivity index (χ0n) is 25.7. The van der Waals surface area contributed by atoms with Crippen molar-refractivity contribution in [3.8, 4) is 5.69 Å². The molecule has 1 aromatic heterocycles. The van der Waals surface area contributed by atoms with Crippen LogP contribution in [0.2, 0.25) is 0 Å². The fourth-order valence-electron chi connectivity index (χ4n) is 7.58. The Balaban J connectivity index is 1.53. The topological polar surface area (TPSA) is 4.93 Å². The monoisotopic (exact) mass is 547 g/mol. The van der Waals surface area contributed by atoms with E-state index in [0.717, 1.165) is 19.3 Å². The fourth-order valence-corrected chi connectivity index (χ4v) is 7.58. The number of aromatic nitrogens is 1. The summed E-state index contributed by atoms with van der Waals surface area (Å²) in [5.41, 5.74) is 15.3. The second-order valence-electron chi connectivity index (χ2n) is 13.4. The molecule has 7 rings (SSSR count). The summed E-state index contributed by atoms with van der Waals surface area (Å²) in [6.45, 7) is 15.8. The summed E-state index contributed by atoms with van der Waals surface area (Å²) in [5.74, 6) is 0.